The zero-order chi connectivity index (χ0) is 4.83. The maximum atomic E-state index is 9.48. The van der Waals surface area contributed by atoms with Crippen LogP contribution in [0.1, 0.15) is 0 Å². The highest BCUT2D eigenvalue weighted by atomic mass is 17.2. The normalized spacial score (nSPS) is 9.00. The molecular weight excluding hydrogens is 84.0 g/mol. The van der Waals surface area contributed by atoms with Crippen molar-refractivity contribution in [1.29, 1.82) is 0 Å². The molecule has 0 fully saturated rings. The Hall–Kier alpha value is -0.120. The van der Waals surface area contributed by atoms with E-state index in [-0.39, 0.29) is 13.2 Å². The molecule has 0 aromatic rings. The molecule has 1 radical (unpaired) electrons. The van der Waals surface area contributed by atoms with E-state index in [1.807, 2.05) is 0 Å². The zero-order valence-electron chi connectivity index (χ0n) is 3.64. The van der Waals surface area contributed by atoms with Crippen LogP contribution in [-0.2, 0) is 14.9 Å². The van der Waals surface area contributed by atoms with Crippen LogP contribution in [0.4, 0.5) is 0 Å². The van der Waals surface area contributed by atoms with Gasteiger partial charge in [-0.2, -0.15) is 0 Å². The average Bonchev–Trinajstić information content (AvgIpc) is 1.61. The summed E-state index contributed by atoms with van der Waals surface area (Å²) >= 11 is 0. The molecule has 0 aliphatic carbocycles. The number of rotatable bonds is 3. The Bertz CT molecular complexity index is 18.0. The lowest BCUT2D eigenvalue weighted by atomic mass is 10.8. The third-order valence-corrected chi connectivity index (χ3v) is 0.285. The van der Waals surface area contributed by atoms with Crippen molar-refractivity contribution in [2.24, 2.45) is 0 Å². The smallest absolute Gasteiger partial charge is 0.109 e. The molecule has 37 valence electrons. The third kappa shape index (κ3) is 3.88. The Morgan fingerprint density at radius 3 is 2.50 bits per heavy atom. The second kappa shape index (κ2) is 4.88. The van der Waals surface area contributed by atoms with Crippen LogP contribution in [0.5, 0.6) is 0 Å². The van der Waals surface area contributed by atoms with Crippen LogP contribution in [-0.4, -0.2) is 20.3 Å². The van der Waals surface area contributed by atoms with Crippen molar-refractivity contribution in [1.82, 2.24) is 0 Å². The Kier molecular flexibility index (Phi) is 4.78. The number of hydrogen-bond donors (Lipinski definition) is 0. The summed E-state index contributed by atoms with van der Waals surface area (Å²) in [6.45, 7) is -0.107. The Balaban J connectivity index is 2.34. The molecule has 0 aliphatic rings. The minimum Gasteiger partial charge on any atom is -0.240 e. The summed E-state index contributed by atoms with van der Waals surface area (Å²) in [5.74, 6) is 0. The highest BCUT2D eigenvalue weighted by Gasteiger charge is 1.76. The molecule has 0 spiro atoms. The van der Waals surface area contributed by atoms with Crippen molar-refractivity contribution in [3.05, 3.63) is 0 Å². The summed E-state index contributed by atoms with van der Waals surface area (Å²) in [4.78, 5) is 8.25. The van der Waals surface area contributed by atoms with Gasteiger partial charge in [0.1, 0.15) is 13.2 Å². The Morgan fingerprint density at radius 2 is 2.33 bits per heavy atom. The number of hydrogen-bond acceptors (Lipinski definition) is 2. The molecule has 0 aromatic carbocycles. The van der Waals surface area contributed by atoms with E-state index in [0.717, 1.165) is 0 Å². The molecule has 3 heteroatoms. The van der Waals surface area contributed by atoms with Crippen molar-refractivity contribution >= 4 is 0 Å². The minimum absolute atomic E-state index is 0.135. The van der Waals surface area contributed by atoms with Gasteiger partial charge in [0.15, 0.2) is 0 Å². The second-order valence-corrected chi connectivity index (χ2v) is 0.693. The van der Waals surface area contributed by atoms with Crippen molar-refractivity contribution in [2.75, 3.05) is 20.3 Å². The van der Waals surface area contributed by atoms with Crippen LogP contribution < -0.4 is 0 Å². The first-order valence-corrected chi connectivity index (χ1v) is 1.65. The molecule has 0 N–H and O–H groups in total. The van der Waals surface area contributed by atoms with Gasteiger partial charge in [-0.1, -0.05) is 0 Å². The molecule has 0 aliphatic heterocycles. The average molecular weight is 91.1 g/mol. The maximum Gasteiger partial charge on any atom is 0.109 e. The second-order valence-electron chi connectivity index (χ2n) is 0.693. The molecule has 0 saturated carbocycles. The third-order valence-electron chi connectivity index (χ3n) is 0.285. The van der Waals surface area contributed by atoms with Crippen LogP contribution in [0.25, 0.3) is 0 Å². The van der Waals surface area contributed by atoms with Crippen molar-refractivity contribution < 1.29 is 14.9 Å². The van der Waals surface area contributed by atoms with E-state index in [1.54, 1.807) is 0 Å². The summed E-state index contributed by atoms with van der Waals surface area (Å²) in [6.07, 6.45) is 0. The van der Waals surface area contributed by atoms with Gasteiger partial charge >= 0.3 is 0 Å². The highest BCUT2D eigenvalue weighted by Crippen LogP contribution is 1.67. The largest absolute Gasteiger partial charge is 0.240 e. The van der Waals surface area contributed by atoms with Crippen LogP contribution in [0.2, 0.25) is 0 Å². The topological polar surface area (TPSA) is 38.4 Å². The maximum absolute atomic E-state index is 9.48. The van der Waals surface area contributed by atoms with Crippen molar-refractivity contribution in [3.8, 4) is 0 Å². The van der Waals surface area contributed by atoms with Crippen LogP contribution in [0, 0.1) is 0 Å². The van der Waals surface area contributed by atoms with E-state index in [4.69, 9.17) is 0 Å². The summed E-state index contributed by atoms with van der Waals surface area (Å²) in [5.41, 5.74) is 0. The fourth-order valence-corrected chi connectivity index (χ4v) is 0.117. The summed E-state index contributed by atoms with van der Waals surface area (Å²) < 4.78 is 0. The summed E-state index contributed by atoms with van der Waals surface area (Å²) in [5, 5.41) is 9.48. The Morgan fingerprint density at radius 1 is 1.67 bits per heavy atom. The van der Waals surface area contributed by atoms with Gasteiger partial charge < -0.3 is 0 Å². The predicted octanol–water partition coefficient (Wildman–Crippen LogP) is -0.00510. The lowest BCUT2D eigenvalue weighted by molar-refractivity contribution is -0.278. The molecular formula is C3H7O3. The molecule has 0 amide bonds. The van der Waals surface area contributed by atoms with Gasteiger partial charge in [-0.05, 0) is 0 Å². The molecule has 3 nitrogen and oxygen atoms in total. The Labute approximate surface area is 36.4 Å². The van der Waals surface area contributed by atoms with Gasteiger partial charge in [-0.15, -0.1) is 0 Å². The summed E-state index contributed by atoms with van der Waals surface area (Å²) in [6, 6.07) is 0. The quantitative estimate of drug-likeness (QED) is 0.278. The molecule has 0 heterocycles. The van der Waals surface area contributed by atoms with Gasteiger partial charge in [0.25, 0.3) is 0 Å². The van der Waals surface area contributed by atoms with Gasteiger partial charge in [-0.25, -0.2) is 14.9 Å². The monoisotopic (exact) mass is 91.0 g/mol. The van der Waals surface area contributed by atoms with E-state index < -0.39 is 0 Å². The molecule has 0 bridgehead atoms. The van der Waals surface area contributed by atoms with Gasteiger partial charge in [-0.3, -0.25) is 0 Å². The van der Waals surface area contributed by atoms with E-state index in [1.165, 1.54) is 7.11 Å². The highest BCUT2D eigenvalue weighted by molar-refractivity contribution is 4.10. The van der Waals surface area contributed by atoms with E-state index >= 15 is 0 Å². The molecule has 0 rings (SSSR count). The van der Waals surface area contributed by atoms with E-state index in [0.29, 0.717) is 0 Å². The van der Waals surface area contributed by atoms with Gasteiger partial charge in [0.05, 0.1) is 7.11 Å². The molecule has 0 aromatic heterocycles. The van der Waals surface area contributed by atoms with Crippen molar-refractivity contribution in [3.63, 3.8) is 0 Å². The lowest BCUT2D eigenvalue weighted by Gasteiger charge is -1.89. The van der Waals surface area contributed by atoms with Crippen LogP contribution >= 0.6 is 0 Å². The predicted molar refractivity (Wildman–Crippen MR) is 18.5 cm³/mol. The molecule has 0 atom stereocenters. The summed E-state index contributed by atoms with van der Waals surface area (Å²) in [7, 11) is 1.37. The van der Waals surface area contributed by atoms with Crippen molar-refractivity contribution in [2.45, 2.75) is 0 Å². The lowest BCUT2D eigenvalue weighted by Crippen LogP contribution is -1.94. The molecule has 6 heavy (non-hydrogen) atoms. The first-order chi connectivity index (χ1) is 2.91. The van der Waals surface area contributed by atoms with E-state index in [9.17, 15) is 5.11 Å². The van der Waals surface area contributed by atoms with E-state index in [2.05, 4.69) is 9.78 Å². The SMILES string of the molecule is COOCC[O]. The fourth-order valence-electron chi connectivity index (χ4n) is 0.117. The van der Waals surface area contributed by atoms with Gasteiger partial charge in [0, 0.05) is 0 Å². The first kappa shape index (κ1) is 5.88. The van der Waals surface area contributed by atoms with Crippen LogP contribution in [0.15, 0.2) is 0 Å². The fraction of sp³-hybridized carbons (Fsp3) is 1.00. The van der Waals surface area contributed by atoms with Gasteiger partial charge in [0.2, 0.25) is 0 Å². The minimum atomic E-state index is -0.242. The molecule has 0 saturated heterocycles. The van der Waals surface area contributed by atoms with Crippen LogP contribution in [0.3, 0.4) is 0 Å². The molecule has 0 unspecified atom stereocenters. The first-order valence-electron chi connectivity index (χ1n) is 1.65. The zero-order valence-corrected chi connectivity index (χ0v) is 3.64. The standard InChI is InChI=1S/C3H7O3/c1-5-6-3-2-4/h2-3H2,1H3.